The van der Waals surface area contributed by atoms with Crippen LogP contribution in [0.5, 0.6) is 0 Å². The molecule has 1 atom stereocenters. The largest absolute Gasteiger partial charge is 0.339 e. The average Bonchev–Trinajstić information content (AvgIpc) is 3.27. The zero-order chi connectivity index (χ0) is 14.1. The summed E-state index contributed by atoms with van der Waals surface area (Å²) in [6.45, 7) is 0.916. The van der Waals surface area contributed by atoms with Crippen LogP contribution in [0.4, 0.5) is 0 Å². The van der Waals surface area contributed by atoms with Crippen LogP contribution in [0, 0.1) is 0 Å². The predicted octanol–water partition coefficient (Wildman–Crippen LogP) is 2.64. The van der Waals surface area contributed by atoms with E-state index in [1.807, 2.05) is 0 Å². The van der Waals surface area contributed by atoms with Crippen molar-refractivity contribution in [3.8, 4) is 0 Å². The zero-order valence-electron chi connectivity index (χ0n) is 12.2. The maximum atomic E-state index is 5.31. The van der Waals surface area contributed by atoms with Crippen LogP contribution in [0.25, 0.3) is 0 Å². The summed E-state index contributed by atoms with van der Waals surface area (Å²) < 4.78 is 5.31. The van der Waals surface area contributed by atoms with Gasteiger partial charge in [-0.15, -0.1) is 0 Å². The van der Waals surface area contributed by atoms with Gasteiger partial charge in [0.15, 0.2) is 5.82 Å². The first-order valence-corrected chi connectivity index (χ1v) is 8.01. The van der Waals surface area contributed by atoms with Crippen LogP contribution in [0.3, 0.4) is 0 Å². The van der Waals surface area contributed by atoms with Crippen LogP contribution >= 0.6 is 0 Å². The van der Waals surface area contributed by atoms with Gasteiger partial charge < -0.3 is 9.84 Å². The number of hydrogen-bond acceptors (Lipinski definition) is 4. The topological polar surface area (TPSA) is 51.0 Å². The predicted molar refractivity (Wildman–Crippen MR) is 80.2 cm³/mol. The van der Waals surface area contributed by atoms with Gasteiger partial charge in [-0.05, 0) is 43.2 Å². The summed E-state index contributed by atoms with van der Waals surface area (Å²) in [6.07, 6.45) is 6.80. The third-order valence-electron chi connectivity index (χ3n) is 4.55. The summed E-state index contributed by atoms with van der Waals surface area (Å²) >= 11 is 0. The van der Waals surface area contributed by atoms with E-state index in [-0.39, 0.29) is 0 Å². The molecule has 0 saturated heterocycles. The zero-order valence-corrected chi connectivity index (χ0v) is 12.2. The molecule has 1 heterocycles. The number of benzene rings is 1. The van der Waals surface area contributed by atoms with Gasteiger partial charge in [-0.25, -0.2) is 0 Å². The number of fused-ring (bicyclic) bond motifs is 1. The molecule has 1 aromatic carbocycles. The van der Waals surface area contributed by atoms with E-state index in [1.165, 1.54) is 36.8 Å². The third kappa shape index (κ3) is 3.00. The number of nitrogens with zero attached hydrogens (tertiary/aromatic N) is 2. The molecule has 2 aliphatic rings. The van der Waals surface area contributed by atoms with E-state index in [0.29, 0.717) is 12.0 Å². The Hall–Kier alpha value is -1.68. The number of rotatable bonds is 5. The fourth-order valence-electron chi connectivity index (χ4n) is 3.13. The molecule has 1 N–H and O–H groups in total. The first kappa shape index (κ1) is 13.0. The number of aromatic nitrogens is 2. The Balaban J connectivity index is 1.27. The van der Waals surface area contributed by atoms with Crippen LogP contribution in [0.15, 0.2) is 28.8 Å². The van der Waals surface area contributed by atoms with Gasteiger partial charge in [0.1, 0.15) is 0 Å². The molecule has 2 aromatic rings. The second-order valence-corrected chi connectivity index (χ2v) is 6.23. The lowest BCUT2D eigenvalue weighted by Crippen LogP contribution is -2.35. The lowest BCUT2D eigenvalue weighted by atomic mass is 9.88. The van der Waals surface area contributed by atoms with Crippen LogP contribution in [0.1, 0.15) is 48.0 Å². The van der Waals surface area contributed by atoms with Crippen molar-refractivity contribution in [2.45, 2.75) is 50.5 Å². The van der Waals surface area contributed by atoms with E-state index >= 15 is 0 Å². The smallest absolute Gasteiger partial charge is 0.227 e. The summed E-state index contributed by atoms with van der Waals surface area (Å²) in [4.78, 5) is 4.47. The second-order valence-electron chi connectivity index (χ2n) is 6.23. The molecule has 0 bridgehead atoms. The van der Waals surface area contributed by atoms with Crippen LogP contribution in [-0.2, 0) is 19.3 Å². The van der Waals surface area contributed by atoms with Crippen LogP contribution in [0.2, 0.25) is 0 Å². The summed E-state index contributed by atoms with van der Waals surface area (Å²) in [7, 11) is 0. The lowest BCUT2D eigenvalue weighted by molar-refractivity contribution is 0.364. The maximum absolute atomic E-state index is 5.31. The molecule has 4 heteroatoms. The number of hydrogen-bond donors (Lipinski definition) is 1. The minimum atomic E-state index is 0.574. The van der Waals surface area contributed by atoms with Gasteiger partial charge in [0, 0.05) is 24.9 Å². The van der Waals surface area contributed by atoms with Crippen LogP contribution in [-0.4, -0.2) is 22.7 Å². The average molecular weight is 283 g/mol. The Morgan fingerprint density at radius 3 is 2.86 bits per heavy atom. The molecule has 1 aromatic heterocycles. The van der Waals surface area contributed by atoms with Crippen molar-refractivity contribution in [1.29, 1.82) is 0 Å². The highest BCUT2D eigenvalue weighted by atomic mass is 16.5. The minimum Gasteiger partial charge on any atom is -0.339 e. The summed E-state index contributed by atoms with van der Waals surface area (Å²) in [6, 6.07) is 9.36. The highest BCUT2D eigenvalue weighted by molar-refractivity contribution is 5.30. The van der Waals surface area contributed by atoms with Crippen molar-refractivity contribution in [2.24, 2.45) is 0 Å². The molecule has 0 spiro atoms. The second kappa shape index (κ2) is 5.60. The van der Waals surface area contributed by atoms with Crippen molar-refractivity contribution in [2.75, 3.05) is 6.54 Å². The Labute approximate surface area is 124 Å². The fourth-order valence-corrected chi connectivity index (χ4v) is 3.13. The molecule has 0 radical (unpaired) electrons. The van der Waals surface area contributed by atoms with Crippen molar-refractivity contribution in [3.05, 3.63) is 47.1 Å². The molecule has 4 nitrogen and oxygen atoms in total. The number of nitrogens with one attached hydrogen (secondary N) is 1. The molecule has 0 unspecified atom stereocenters. The molecule has 0 aliphatic heterocycles. The Morgan fingerprint density at radius 2 is 2.00 bits per heavy atom. The Kier molecular flexibility index (Phi) is 3.47. The summed E-state index contributed by atoms with van der Waals surface area (Å²) in [5.41, 5.74) is 3.01. The van der Waals surface area contributed by atoms with Crippen molar-refractivity contribution in [1.82, 2.24) is 15.5 Å². The standard InChI is InChI=1S/C17H21N3O/c1-2-4-14-11-15(8-7-12(14)3-1)18-10-9-16-19-17(20-21-16)13-5-6-13/h1-4,13,15,18H,5-11H2/t15-/m0/s1. The van der Waals surface area contributed by atoms with Gasteiger partial charge in [-0.2, -0.15) is 4.98 Å². The molecule has 4 rings (SSSR count). The SMILES string of the molecule is c1ccc2c(c1)CC[C@H](NCCc1nc(C3CC3)no1)C2. The van der Waals surface area contributed by atoms with E-state index in [4.69, 9.17) is 4.52 Å². The van der Waals surface area contributed by atoms with Gasteiger partial charge in [-0.3, -0.25) is 0 Å². The fraction of sp³-hybridized carbons (Fsp3) is 0.529. The highest BCUT2D eigenvalue weighted by Crippen LogP contribution is 2.38. The van der Waals surface area contributed by atoms with E-state index < -0.39 is 0 Å². The van der Waals surface area contributed by atoms with Crippen LogP contribution < -0.4 is 5.32 Å². The van der Waals surface area contributed by atoms with E-state index in [2.05, 4.69) is 39.7 Å². The van der Waals surface area contributed by atoms with Crippen molar-refractivity contribution >= 4 is 0 Å². The number of aryl methyl sites for hydroxylation is 1. The molecular formula is C17H21N3O. The third-order valence-corrected chi connectivity index (χ3v) is 4.55. The first-order valence-electron chi connectivity index (χ1n) is 8.01. The molecule has 21 heavy (non-hydrogen) atoms. The summed E-state index contributed by atoms with van der Waals surface area (Å²) in [5.74, 6) is 2.27. The summed E-state index contributed by atoms with van der Waals surface area (Å²) in [5, 5.41) is 7.70. The van der Waals surface area contributed by atoms with Gasteiger partial charge in [0.25, 0.3) is 0 Å². The van der Waals surface area contributed by atoms with Gasteiger partial charge >= 0.3 is 0 Å². The monoisotopic (exact) mass is 283 g/mol. The van der Waals surface area contributed by atoms with E-state index in [1.54, 1.807) is 0 Å². The molecule has 1 saturated carbocycles. The molecular weight excluding hydrogens is 262 g/mol. The van der Waals surface area contributed by atoms with Gasteiger partial charge in [0.2, 0.25) is 5.89 Å². The molecule has 110 valence electrons. The normalized spacial score (nSPS) is 21.2. The van der Waals surface area contributed by atoms with E-state index in [0.717, 1.165) is 31.1 Å². The molecule has 0 amide bonds. The first-order chi connectivity index (χ1) is 10.4. The quantitative estimate of drug-likeness (QED) is 0.916. The minimum absolute atomic E-state index is 0.574. The Morgan fingerprint density at radius 1 is 1.14 bits per heavy atom. The highest BCUT2D eigenvalue weighted by Gasteiger charge is 2.28. The van der Waals surface area contributed by atoms with E-state index in [9.17, 15) is 0 Å². The lowest BCUT2D eigenvalue weighted by Gasteiger charge is -2.25. The Bertz CT molecular complexity index is 618. The molecule has 1 fully saturated rings. The van der Waals surface area contributed by atoms with Gasteiger partial charge in [0.05, 0.1) is 0 Å². The van der Waals surface area contributed by atoms with Crippen molar-refractivity contribution < 1.29 is 4.52 Å². The molecule has 2 aliphatic carbocycles. The van der Waals surface area contributed by atoms with Crippen molar-refractivity contribution in [3.63, 3.8) is 0 Å². The van der Waals surface area contributed by atoms with Gasteiger partial charge in [-0.1, -0.05) is 29.4 Å². The maximum Gasteiger partial charge on any atom is 0.227 e.